The van der Waals surface area contributed by atoms with E-state index in [-0.39, 0.29) is 11.3 Å². The van der Waals surface area contributed by atoms with Gasteiger partial charge in [-0.3, -0.25) is 0 Å². The Bertz CT molecular complexity index is 649. The van der Waals surface area contributed by atoms with Crippen LogP contribution in [-0.2, 0) is 0 Å². The smallest absolute Gasteiger partial charge is 0.339 e. The van der Waals surface area contributed by atoms with Gasteiger partial charge in [0.05, 0.1) is 17.6 Å². The van der Waals surface area contributed by atoms with Crippen molar-refractivity contribution >= 4 is 5.97 Å². The molecular formula is C14H17N3O3. The summed E-state index contributed by atoms with van der Waals surface area (Å²) in [4.78, 5) is 11.1. The molecule has 6 heteroatoms. The molecule has 2 rings (SSSR count). The third-order valence-electron chi connectivity index (χ3n) is 3.41. The highest BCUT2D eigenvalue weighted by molar-refractivity contribution is 5.92. The molecule has 0 spiro atoms. The number of aromatic carboxylic acids is 1. The lowest BCUT2D eigenvalue weighted by molar-refractivity contribution is 0.0693. The highest BCUT2D eigenvalue weighted by atomic mass is 16.4. The van der Waals surface area contributed by atoms with Gasteiger partial charge in [0.2, 0.25) is 0 Å². The molecule has 1 unspecified atom stereocenters. The van der Waals surface area contributed by atoms with Crippen LogP contribution in [0.2, 0.25) is 0 Å². The van der Waals surface area contributed by atoms with Crippen molar-refractivity contribution in [1.82, 2.24) is 15.0 Å². The monoisotopic (exact) mass is 275 g/mol. The number of aryl methyl sites for hydroxylation is 1. The molecule has 2 N–H and O–H groups in total. The first-order valence-corrected chi connectivity index (χ1v) is 6.43. The predicted molar refractivity (Wildman–Crippen MR) is 73.4 cm³/mol. The Labute approximate surface area is 116 Å². The minimum Gasteiger partial charge on any atom is -0.507 e. The van der Waals surface area contributed by atoms with Crippen molar-refractivity contribution in [3.8, 4) is 11.4 Å². The fraction of sp³-hybridized carbons (Fsp3) is 0.357. The summed E-state index contributed by atoms with van der Waals surface area (Å²) >= 11 is 0. The van der Waals surface area contributed by atoms with Crippen LogP contribution < -0.4 is 0 Å². The lowest BCUT2D eigenvalue weighted by Gasteiger charge is -2.07. The van der Waals surface area contributed by atoms with Gasteiger partial charge in [0.15, 0.2) is 0 Å². The average Bonchev–Trinajstić information content (AvgIpc) is 2.90. The Kier molecular flexibility index (Phi) is 3.74. The zero-order valence-electron chi connectivity index (χ0n) is 11.7. The maximum atomic E-state index is 11.1. The maximum absolute atomic E-state index is 11.1. The SMILES string of the molecule is CCC(C)c1cn(-c2cc(C)c(O)c(C(=O)O)c2)nn1. The number of aromatic nitrogens is 3. The van der Waals surface area contributed by atoms with Crippen LogP contribution in [0.4, 0.5) is 0 Å². The summed E-state index contributed by atoms with van der Waals surface area (Å²) in [6.45, 7) is 5.77. The van der Waals surface area contributed by atoms with Crippen LogP contribution in [0.3, 0.4) is 0 Å². The molecule has 0 saturated heterocycles. The molecule has 1 atom stereocenters. The van der Waals surface area contributed by atoms with Crippen LogP contribution in [0.1, 0.15) is 47.8 Å². The number of carboxylic acid groups (broad SMARTS) is 1. The number of phenols is 1. The third kappa shape index (κ3) is 2.49. The van der Waals surface area contributed by atoms with Crippen LogP contribution in [0.25, 0.3) is 5.69 Å². The van der Waals surface area contributed by atoms with Gasteiger partial charge in [-0.25, -0.2) is 9.48 Å². The Balaban J connectivity index is 2.48. The molecule has 6 nitrogen and oxygen atoms in total. The zero-order chi connectivity index (χ0) is 14.9. The molecule has 0 aliphatic rings. The van der Waals surface area contributed by atoms with E-state index in [0.717, 1.165) is 12.1 Å². The summed E-state index contributed by atoms with van der Waals surface area (Å²) in [7, 11) is 0. The van der Waals surface area contributed by atoms with Gasteiger partial charge in [0, 0.05) is 5.92 Å². The fourth-order valence-corrected chi connectivity index (χ4v) is 1.89. The van der Waals surface area contributed by atoms with Crippen molar-refractivity contribution in [2.24, 2.45) is 0 Å². The largest absolute Gasteiger partial charge is 0.507 e. The summed E-state index contributed by atoms with van der Waals surface area (Å²) in [6.07, 6.45) is 2.74. The molecule has 106 valence electrons. The number of hydrogen-bond donors (Lipinski definition) is 2. The van der Waals surface area contributed by atoms with Crippen LogP contribution >= 0.6 is 0 Å². The van der Waals surface area contributed by atoms with E-state index in [2.05, 4.69) is 24.2 Å². The van der Waals surface area contributed by atoms with Gasteiger partial charge in [0.25, 0.3) is 0 Å². The van der Waals surface area contributed by atoms with E-state index in [1.807, 2.05) is 0 Å². The summed E-state index contributed by atoms with van der Waals surface area (Å²) in [5, 5.41) is 26.9. The molecule has 1 heterocycles. The van der Waals surface area contributed by atoms with E-state index in [0.29, 0.717) is 17.2 Å². The van der Waals surface area contributed by atoms with Crippen molar-refractivity contribution in [2.75, 3.05) is 0 Å². The van der Waals surface area contributed by atoms with E-state index in [1.54, 1.807) is 19.2 Å². The van der Waals surface area contributed by atoms with E-state index in [9.17, 15) is 9.90 Å². The van der Waals surface area contributed by atoms with Crippen LogP contribution in [-0.4, -0.2) is 31.2 Å². The second kappa shape index (κ2) is 5.32. The van der Waals surface area contributed by atoms with Gasteiger partial charge in [-0.05, 0) is 31.0 Å². The molecule has 1 aromatic heterocycles. The molecule has 0 bridgehead atoms. The Morgan fingerprint density at radius 3 is 2.75 bits per heavy atom. The highest BCUT2D eigenvalue weighted by Crippen LogP contribution is 2.26. The molecule has 0 amide bonds. The zero-order valence-corrected chi connectivity index (χ0v) is 11.7. The Morgan fingerprint density at radius 1 is 1.45 bits per heavy atom. The molecule has 2 aromatic rings. The summed E-state index contributed by atoms with van der Waals surface area (Å²) in [5.41, 5.74) is 1.77. The predicted octanol–water partition coefficient (Wildman–Crippen LogP) is 2.49. The number of rotatable bonds is 4. The van der Waals surface area contributed by atoms with Crippen molar-refractivity contribution in [3.63, 3.8) is 0 Å². The average molecular weight is 275 g/mol. The van der Waals surface area contributed by atoms with Crippen LogP contribution in [0, 0.1) is 6.92 Å². The number of aromatic hydroxyl groups is 1. The summed E-state index contributed by atoms with van der Waals surface area (Å²) in [5.74, 6) is -1.10. The van der Waals surface area contributed by atoms with Gasteiger partial charge < -0.3 is 10.2 Å². The number of carbonyl (C=O) groups is 1. The number of nitrogens with zero attached hydrogens (tertiary/aromatic N) is 3. The molecule has 0 aliphatic heterocycles. The van der Waals surface area contributed by atoms with Gasteiger partial charge in [-0.2, -0.15) is 0 Å². The van der Waals surface area contributed by atoms with Gasteiger partial charge >= 0.3 is 5.97 Å². The maximum Gasteiger partial charge on any atom is 0.339 e. The summed E-state index contributed by atoms with van der Waals surface area (Å²) < 4.78 is 1.53. The van der Waals surface area contributed by atoms with Crippen LogP contribution in [0.5, 0.6) is 5.75 Å². The van der Waals surface area contributed by atoms with E-state index in [1.165, 1.54) is 10.7 Å². The molecule has 0 radical (unpaired) electrons. The number of benzene rings is 1. The second-order valence-electron chi connectivity index (χ2n) is 4.86. The van der Waals surface area contributed by atoms with Crippen molar-refractivity contribution < 1.29 is 15.0 Å². The lowest BCUT2D eigenvalue weighted by atomic mass is 10.1. The minimum atomic E-state index is -1.17. The molecular weight excluding hydrogens is 258 g/mol. The van der Waals surface area contributed by atoms with Crippen molar-refractivity contribution in [1.29, 1.82) is 0 Å². The molecule has 0 aliphatic carbocycles. The molecule has 0 fully saturated rings. The fourth-order valence-electron chi connectivity index (χ4n) is 1.89. The number of hydrogen-bond acceptors (Lipinski definition) is 4. The van der Waals surface area contributed by atoms with Gasteiger partial charge in [-0.15, -0.1) is 5.10 Å². The Hall–Kier alpha value is -2.37. The van der Waals surface area contributed by atoms with Gasteiger partial charge in [0.1, 0.15) is 11.3 Å². The standard InChI is InChI=1S/C14H17N3O3/c1-4-8(2)12-7-17(16-15-12)10-5-9(3)13(18)11(6-10)14(19)20/h5-8,18H,4H2,1-3H3,(H,19,20). The van der Waals surface area contributed by atoms with Crippen LogP contribution in [0.15, 0.2) is 18.3 Å². The number of carboxylic acids is 1. The minimum absolute atomic E-state index is 0.138. The second-order valence-corrected chi connectivity index (χ2v) is 4.86. The summed E-state index contributed by atoms with van der Waals surface area (Å²) in [6, 6.07) is 3.07. The van der Waals surface area contributed by atoms with E-state index < -0.39 is 5.97 Å². The first-order chi connectivity index (χ1) is 9.43. The lowest BCUT2D eigenvalue weighted by Crippen LogP contribution is -2.02. The van der Waals surface area contributed by atoms with Gasteiger partial charge in [-0.1, -0.05) is 19.1 Å². The molecule has 1 aromatic carbocycles. The van der Waals surface area contributed by atoms with E-state index in [4.69, 9.17) is 5.11 Å². The van der Waals surface area contributed by atoms with E-state index >= 15 is 0 Å². The first kappa shape index (κ1) is 14.0. The third-order valence-corrected chi connectivity index (χ3v) is 3.41. The normalized spacial score (nSPS) is 12.3. The molecule has 20 heavy (non-hydrogen) atoms. The first-order valence-electron chi connectivity index (χ1n) is 6.43. The molecule has 0 saturated carbocycles. The highest BCUT2D eigenvalue weighted by Gasteiger charge is 2.15. The van der Waals surface area contributed by atoms with Crippen molar-refractivity contribution in [3.05, 3.63) is 35.2 Å². The topological polar surface area (TPSA) is 88.2 Å². The quantitative estimate of drug-likeness (QED) is 0.895. The van der Waals surface area contributed by atoms with Crippen molar-refractivity contribution in [2.45, 2.75) is 33.1 Å². The Morgan fingerprint density at radius 2 is 2.15 bits per heavy atom.